The second-order valence-corrected chi connectivity index (χ2v) is 5.10. The highest BCUT2D eigenvalue weighted by Gasteiger charge is 2.18. The average molecular weight is 197 g/mol. The lowest BCUT2D eigenvalue weighted by Gasteiger charge is -2.22. The SMILES string of the molecule is Cc1csc(C(N)C(C)C(C)C)c1. The smallest absolute Gasteiger partial charge is 0.0418 e. The van der Waals surface area contributed by atoms with Crippen LogP contribution in [0.15, 0.2) is 11.4 Å². The van der Waals surface area contributed by atoms with Crippen LogP contribution in [0.5, 0.6) is 0 Å². The molecule has 1 rings (SSSR count). The van der Waals surface area contributed by atoms with E-state index >= 15 is 0 Å². The van der Waals surface area contributed by atoms with Gasteiger partial charge in [0.25, 0.3) is 0 Å². The van der Waals surface area contributed by atoms with E-state index in [-0.39, 0.29) is 6.04 Å². The van der Waals surface area contributed by atoms with E-state index in [1.54, 1.807) is 11.3 Å². The molecule has 0 aliphatic rings. The van der Waals surface area contributed by atoms with Gasteiger partial charge >= 0.3 is 0 Å². The van der Waals surface area contributed by atoms with Crippen molar-refractivity contribution in [1.82, 2.24) is 0 Å². The largest absolute Gasteiger partial charge is 0.323 e. The van der Waals surface area contributed by atoms with Gasteiger partial charge in [0.15, 0.2) is 0 Å². The van der Waals surface area contributed by atoms with Gasteiger partial charge in [-0.15, -0.1) is 11.3 Å². The van der Waals surface area contributed by atoms with Gasteiger partial charge in [0.1, 0.15) is 0 Å². The van der Waals surface area contributed by atoms with Gasteiger partial charge in [-0.1, -0.05) is 20.8 Å². The second-order valence-electron chi connectivity index (χ2n) is 4.16. The predicted molar refractivity (Wildman–Crippen MR) is 60.0 cm³/mol. The summed E-state index contributed by atoms with van der Waals surface area (Å²) in [6.45, 7) is 8.80. The fourth-order valence-corrected chi connectivity index (χ4v) is 2.32. The van der Waals surface area contributed by atoms with Crippen LogP contribution in [-0.2, 0) is 0 Å². The second kappa shape index (κ2) is 4.25. The molecule has 2 heteroatoms. The van der Waals surface area contributed by atoms with E-state index in [0.717, 1.165) is 0 Å². The molecule has 0 aliphatic heterocycles. The molecular weight excluding hydrogens is 178 g/mol. The van der Waals surface area contributed by atoms with E-state index in [4.69, 9.17) is 5.73 Å². The van der Waals surface area contributed by atoms with Crippen molar-refractivity contribution in [1.29, 1.82) is 0 Å². The number of hydrogen-bond acceptors (Lipinski definition) is 2. The van der Waals surface area contributed by atoms with Gasteiger partial charge in [-0.2, -0.15) is 0 Å². The Morgan fingerprint density at radius 3 is 2.31 bits per heavy atom. The molecule has 0 fully saturated rings. The first-order chi connectivity index (χ1) is 6.02. The normalized spacial score (nSPS) is 16.2. The summed E-state index contributed by atoms with van der Waals surface area (Å²) in [5.74, 6) is 1.20. The van der Waals surface area contributed by atoms with Gasteiger partial charge in [0.2, 0.25) is 0 Å². The lowest BCUT2D eigenvalue weighted by Crippen LogP contribution is -2.22. The third-order valence-electron chi connectivity index (χ3n) is 2.70. The molecule has 2 unspecified atom stereocenters. The average Bonchev–Trinajstić information content (AvgIpc) is 2.49. The van der Waals surface area contributed by atoms with Gasteiger partial charge in [-0.3, -0.25) is 0 Å². The Kier molecular flexibility index (Phi) is 3.51. The number of nitrogens with two attached hydrogens (primary N) is 1. The third kappa shape index (κ3) is 2.55. The van der Waals surface area contributed by atoms with Gasteiger partial charge < -0.3 is 5.73 Å². The maximum Gasteiger partial charge on any atom is 0.0418 e. The summed E-state index contributed by atoms with van der Waals surface area (Å²) in [4.78, 5) is 1.32. The van der Waals surface area contributed by atoms with Crippen molar-refractivity contribution in [3.63, 3.8) is 0 Å². The van der Waals surface area contributed by atoms with Gasteiger partial charge in [-0.25, -0.2) is 0 Å². The molecule has 1 nitrogen and oxygen atoms in total. The van der Waals surface area contributed by atoms with Crippen LogP contribution in [0, 0.1) is 18.8 Å². The maximum absolute atomic E-state index is 6.16. The molecule has 0 bridgehead atoms. The standard InChI is InChI=1S/C11H19NS/c1-7(2)9(4)11(12)10-5-8(3)6-13-10/h5-7,9,11H,12H2,1-4H3. The molecule has 0 radical (unpaired) electrons. The highest BCUT2D eigenvalue weighted by atomic mass is 32.1. The molecule has 0 amide bonds. The molecule has 74 valence electrons. The molecule has 1 heterocycles. The van der Waals surface area contributed by atoms with Crippen molar-refractivity contribution in [2.75, 3.05) is 0 Å². The summed E-state index contributed by atoms with van der Waals surface area (Å²) in [6, 6.07) is 2.41. The fourth-order valence-electron chi connectivity index (χ4n) is 1.30. The van der Waals surface area contributed by atoms with Crippen LogP contribution in [0.3, 0.4) is 0 Å². The van der Waals surface area contributed by atoms with Crippen molar-refractivity contribution in [2.24, 2.45) is 17.6 Å². The topological polar surface area (TPSA) is 26.0 Å². The van der Waals surface area contributed by atoms with Crippen LogP contribution in [0.4, 0.5) is 0 Å². The highest BCUT2D eigenvalue weighted by Crippen LogP contribution is 2.29. The molecule has 13 heavy (non-hydrogen) atoms. The van der Waals surface area contributed by atoms with Crippen molar-refractivity contribution < 1.29 is 0 Å². The number of thiophene rings is 1. The molecule has 0 saturated heterocycles. The number of hydrogen-bond donors (Lipinski definition) is 1. The number of rotatable bonds is 3. The van der Waals surface area contributed by atoms with Crippen LogP contribution < -0.4 is 5.73 Å². The van der Waals surface area contributed by atoms with Gasteiger partial charge in [0.05, 0.1) is 0 Å². The Morgan fingerprint density at radius 1 is 1.31 bits per heavy atom. The quantitative estimate of drug-likeness (QED) is 0.790. The van der Waals surface area contributed by atoms with Crippen molar-refractivity contribution in [2.45, 2.75) is 33.7 Å². The zero-order valence-corrected chi connectivity index (χ0v) is 9.69. The Morgan fingerprint density at radius 2 is 1.92 bits per heavy atom. The molecule has 2 N–H and O–H groups in total. The zero-order valence-electron chi connectivity index (χ0n) is 8.87. The summed E-state index contributed by atoms with van der Waals surface area (Å²) in [6.07, 6.45) is 0. The molecule has 0 aromatic carbocycles. The Labute approximate surface area is 85.0 Å². The summed E-state index contributed by atoms with van der Waals surface area (Å²) >= 11 is 1.78. The monoisotopic (exact) mass is 197 g/mol. The first-order valence-corrected chi connectivity index (χ1v) is 5.71. The van der Waals surface area contributed by atoms with Crippen LogP contribution in [0.1, 0.15) is 37.3 Å². The van der Waals surface area contributed by atoms with E-state index in [1.165, 1.54) is 10.4 Å². The first kappa shape index (κ1) is 10.7. The summed E-state index contributed by atoms with van der Waals surface area (Å²) < 4.78 is 0. The van der Waals surface area contributed by atoms with Crippen molar-refractivity contribution in [3.8, 4) is 0 Å². The van der Waals surface area contributed by atoms with E-state index in [9.17, 15) is 0 Å². The molecule has 1 aromatic rings. The molecule has 0 saturated carbocycles. The minimum absolute atomic E-state index is 0.207. The Hall–Kier alpha value is -0.340. The van der Waals surface area contributed by atoms with E-state index in [0.29, 0.717) is 11.8 Å². The van der Waals surface area contributed by atoms with Crippen LogP contribution in [-0.4, -0.2) is 0 Å². The van der Waals surface area contributed by atoms with Crippen LogP contribution in [0.2, 0.25) is 0 Å². The Balaban J connectivity index is 2.73. The zero-order chi connectivity index (χ0) is 10.0. The van der Waals surface area contributed by atoms with Gasteiger partial charge in [-0.05, 0) is 35.8 Å². The summed E-state index contributed by atoms with van der Waals surface area (Å²) in [5.41, 5.74) is 7.49. The molecule has 0 aliphatic carbocycles. The number of aryl methyl sites for hydroxylation is 1. The van der Waals surface area contributed by atoms with Crippen LogP contribution >= 0.6 is 11.3 Å². The fraction of sp³-hybridized carbons (Fsp3) is 0.636. The van der Waals surface area contributed by atoms with Crippen molar-refractivity contribution >= 4 is 11.3 Å². The highest BCUT2D eigenvalue weighted by molar-refractivity contribution is 7.10. The molecular formula is C11H19NS. The Bertz CT molecular complexity index is 265. The van der Waals surface area contributed by atoms with Crippen molar-refractivity contribution in [3.05, 3.63) is 21.9 Å². The first-order valence-electron chi connectivity index (χ1n) is 4.83. The minimum atomic E-state index is 0.207. The lowest BCUT2D eigenvalue weighted by molar-refractivity contribution is 0.355. The minimum Gasteiger partial charge on any atom is -0.323 e. The third-order valence-corrected chi connectivity index (χ3v) is 3.85. The molecule has 0 spiro atoms. The summed E-state index contributed by atoms with van der Waals surface area (Å²) in [5, 5.41) is 2.17. The maximum atomic E-state index is 6.16. The predicted octanol–water partition coefficient (Wildman–Crippen LogP) is 3.35. The molecule has 2 atom stereocenters. The van der Waals surface area contributed by atoms with Gasteiger partial charge in [0, 0.05) is 10.9 Å². The van der Waals surface area contributed by atoms with E-state index in [1.807, 2.05) is 0 Å². The van der Waals surface area contributed by atoms with Crippen LogP contribution in [0.25, 0.3) is 0 Å². The van der Waals surface area contributed by atoms with E-state index in [2.05, 4.69) is 39.1 Å². The summed E-state index contributed by atoms with van der Waals surface area (Å²) in [7, 11) is 0. The molecule has 1 aromatic heterocycles. The van der Waals surface area contributed by atoms with E-state index < -0.39 is 0 Å². The lowest BCUT2D eigenvalue weighted by atomic mass is 9.90.